The minimum atomic E-state index is -0.172. The molecule has 0 radical (unpaired) electrons. The van der Waals surface area contributed by atoms with Gasteiger partial charge in [-0.3, -0.25) is 4.79 Å². The Morgan fingerprint density at radius 3 is 2.70 bits per heavy atom. The number of carbonyl (C=O) groups excluding carboxylic acids is 1. The van der Waals surface area contributed by atoms with Crippen LogP contribution in [0.1, 0.15) is 36.1 Å². The Bertz CT molecular complexity index is 1560. The topological polar surface area (TPSA) is 111 Å². The van der Waals surface area contributed by atoms with E-state index in [-0.39, 0.29) is 18.0 Å². The van der Waals surface area contributed by atoms with Gasteiger partial charge in [-0.05, 0) is 56.8 Å². The highest BCUT2D eigenvalue weighted by molar-refractivity contribution is 5.97. The lowest BCUT2D eigenvalue weighted by Gasteiger charge is -2.42. The van der Waals surface area contributed by atoms with E-state index in [9.17, 15) is 10.1 Å². The van der Waals surface area contributed by atoms with Crippen LogP contribution in [0.15, 0.2) is 36.4 Å². The highest BCUT2D eigenvalue weighted by atomic mass is 16.5. The molecule has 4 aliphatic heterocycles. The second kappa shape index (κ2) is 11.6. The van der Waals surface area contributed by atoms with Crippen LogP contribution in [0.25, 0.3) is 10.8 Å². The van der Waals surface area contributed by atoms with Crippen molar-refractivity contribution in [2.45, 2.75) is 57.3 Å². The number of rotatable bonds is 7. The number of nitrogens with zero attached hydrogens (tertiary/aromatic N) is 7. The number of piperazine rings is 1. The largest absolute Gasteiger partial charge is 0.462 e. The number of aromatic nitrogens is 2. The molecule has 2 aromatic carbocycles. The third-order valence-electron chi connectivity index (χ3n) is 9.63. The number of fused-ring (bicyclic) bond motifs is 2. The Balaban J connectivity index is 1.21. The van der Waals surface area contributed by atoms with Crippen LogP contribution in [0.5, 0.6) is 6.01 Å². The third kappa shape index (κ3) is 5.48. The van der Waals surface area contributed by atoms with Gasteiger partial charge in [0, 0.05) is 55.4 Å². The number of aryl methyl sites for hydroxylation is 1. The van der Waals surface area contributed by atoms with Crippen LogP contribution < -0.4 is 19.9 Å². The van der Waals surface area contributed by atoms with E-state index in [1.807, 2.05) is 4.90 Å². The van der Waals surface area contributed by atoms with Gasteiger partial charge in [-0.2, -0.15) is 15.2 Å². The number of hydrogen-bond donors (Lipinski definition) is 1. The fourth-order valence-corrected chi connectivity index (χ4v) is 7.10. The molecule has 3 aromatic rings. The first-order valence-electron chi connectivity index (χ1n) is 15.6. The second-order valence-corrected chi connectivity index (χ2v) is 12.4. The van der Waals surface area contributed by atoms with Crippen molar-refractivity contribution in [3.63, 3.8) is 0 Å². The van der Waals surface area contributed by atoms with Gasteiger partial charge in [-0.15, -0.1) is 0 Å². The molecule has 1 N–H and O–H groups in total. The molecule has 3 fully saturated rings. The van der Waals surface area contributed by atoms with E-state index in [0.29, 0.717) is 51.3 Å². The number of benzene rings is 2. The van der Waals surface area contributed by atoms with Crippen molar-refractivity contribution in [3.8, 4) is 12.1 Å². The molecule has 0 aliphatic carbocycles. The molecule has 10 nitrogen and oxygen atoms in total. The molecule has 7 rings (SSSR count). The summed E-state index contributed by atoms with van der Waals surface area (Å²) in [5.41, 5.74) is 4.64. The summed E-state index contributed by atoms with van der Waals surface area (Å²) in [6.07, 6.45) is 3.41. The Morgan fingerprint density at radius 1 is 1.09 bits per heavy atom. The predicted octanol–water partition coefficient (Wildman–Crippen LogP) is 2.88. The highest BCUT2D eigenvalue weighted by Gasteiger charge is 2.39. The van der Waals surface area contributed by atoms with Crippen molar-refractivity contribution in [3.05, 3.63) is 53.2 Å². The maximum absolute atomic E-state index is 13.0. The fourth-order valence-electron chi connectivity index (χ4n) is 7.10. The van der Waals surface area contributed by atoms with Gasteiger partial charge >= 0.3 is 6.01 Å². The first-order valence-corrected chi connectivity index (χ1v) is 15.6. The second-order valence-electron chi connectivity index (χ2n) is 12.4. The van der Waals surface area contributed by atoms with Crippen LogP contribution in [0.4, 0.5) is 11.5 Å². The quantitative estimate of drug-likeness (QED) is 0.422. The molecule has 0 saturated carbocycles. The van der Waals surface area contributed by atoms with Crippen molar-refractivity contribution >= 4 is 28.2 Å². The maximum atomic E-state index is 13.0. The maximum Gasteiger partial charge on any atom is 0.318 e. The third-order valence-corrected chi connectivity index (χ3v) is 9.63. The van der Waals surface area contributed by atoms with Gasteiger partial charge in [-0.25, -0.2) is 0 Å². The number of nitrogens with one attached hydrogen (secondary N) is 1. The van der Waals surface area contributed by atoms with Crippen LogP contribution in [0.3, 0.4) is 0 Å². The van der Waals surface area contributed by atoms with E-state index in [1.54, 1.807) is 0 Å². The molecule has 3 saturated heterocycles. The van der Waals surface area contributed by atoms with Crippen molar-refractivity contribution in [1.29, 1.82) is 5.26 Å². The van der Waals surface area contributed by atoms with Gasteiger partial charge in [0.2, 0.25) is 5.91 Å². The normalized spacial score (nSPS) is 23.7. The van der Waals surface area contributed by atoms with Gasteiger partial charge in [0.15, 0.2) is 0 Å². The van der Waals surface area contributed by atoms with Crippen molar-refractivity contribution in [1.82, 2.24) is 25.1 Å². The van der Waals surface area contributed by atoms with E-state index >= 15 is 0 Å². The Labute approximate surface area is 253 Å². The fraction of sp³-hybridized carbons (Fsp3) is 0.515. The number of likely N-dealkylation sites (N-methyl/N-ethyl adjacent to an activating group) is 1. The molecule has 3 atom stereocenters. The smallest absolute Gasteiger partial charge is 0.318 e. The van der Waals surface area contributed by atoms with Crippen LogP contribution in [-0.4, -0.2) is 96.7 Å². The summed E-state index contributed by atoms with van der Waals surface area (Å²) in [6, 6.07) is 15.8. The van der Waals surface area contributed by atoms with Crippen LogP contribution >= 0.6 is 0 Å². The molecule has 0 spiro atoms. The molecular formula is C33H40N8O2. The molecule has 1 aromatic heterocycles. The lowest BCUT2D eigenvalue weighted by Crippen LogP contribution is -2.57. The molecule has 5 heterocycles. The molecule has 1 amide bonds. The number of anilines is 2. The van der Waals surface area contributed by atoms with E-state index in [4.69, 9.17) is 14.7 Å². The van der Waals surface area contributed by atoms with Crippen LogP contribution in [0, 0.1) is 18.3 Å². The van der Waals surface area contributed by atoms with Crippen molar-refractivity contribution < 1.29 is 9.53 Å². The van der Waals surface area contributed by atoms with Crippen molar-refractivity contribution in [2.24, 2.45) is 0 Å². The van der Waals surface area contributed by atoms with Gasteiger partial charge in [0.05, 0.1) is 36.8 Å². The molecule has 43 heavy (non-hydrogen) atoms. The Morgan fingerprint density at radius 2 is 1.93 bits per heavy atom. The summed E-state index contributed by atoms with van der Waals surface area (Å²) in [6.45, 7) is 7.90. The summed E-state index contributed by atoms with van der Waals surface area (Å²) in [5, 5.41) is 15.3. The number of carbonyl (C=O) groups is 1. The molecule has 3 unspecified atom stereocenters. The molecule has 0 bridgehead atoms. The Hall–Kier alpha value is -3.94. The zero-order chi connectivity index (χ0) is 29.5. The van der Waals surface area contributed by atoms with E-state index < -0.39 is 0 Å². The lowest BCUT2D eigenvalue weighted by molar-refractivity contribution is -0.133. The number of amides is 1. The monoisotopic (exact) mass is 580 g/mol. The summed E-state index contributed by atoms with van der Waals surface area (Å²) < 4.78 is 6.33. The zero-order valence-corrected chi connectivity index (χ0v) is 25.1. The Kier molecular flexibility index (Phi) is 7.53. The summed E-state index contributed by atoms with van der Waals surface area (Å²) >= 11 is 0. The minimum Gasteiger partial charge on any atom is -0.462 e. The average Bonchev–Trinajstić information content (AvgIpc) is 3.80. The number of nitriles is 1. The standard InChI is InChI=1S/C33H40N8O2/c1-22-6-3-7-23-8-4-10-29(30(22)23)39-15-12-26-28(20-39)36-33(43-21-25-9-5-14-38(25)2)37-31(26)40-16-17-41(24(19-40)11-13-34)32(42)27-18-35-27/h3-4,6-8,10,24-25,27,35H,5,9,11-12,14-21H2,1-2H3. The van der Waals surface area contributed by atoms with Gasteiger partial charge in [-0.1, -0.05) is 30.3 Å². The lowest BCUT2D eigenvalue weighted by atomic mass is 9.99. The van der Waals surface area contributed by atoms with Gasteiger partial charge in [0.1, 0.15) is 12.4 Å². The summed E-state index contributed by atoms with van der Waals surface area (Å²) in [5.74, 6) is 1.00. The minimum absolute atomic E-state index is 0.100. The zero-order valence-electron chi connectivity index (χ0n) is 25.1. The molecule has 10 heteroatoms. The van der Waals surface area contributed by atoms with E-state index in [1.165, 1.54) is 28.4 Å². The summed E-state index contributed by atoms with van der Waals surface area (Å²) in [4.78, 5) is 32.0. The molecule has 4 aliphatic rings. The molecular weight excluding hydrogens is 540 g/mol. The first kappa shape index (κ1) is 27.9. The van der Waals surface area contributed by atoms with Gasteiger partial charge in [0.25, 0.3) is 0 Å². The van der Waals surface area contributed by atoms with Crippen LogP contribution in [0.2, 0.25) is 0 Å². The van der Waals surface area contributed by atoms with Gasteiger partial charge < -0.3 is 29.7 Å². The number of hydrogen-bond acceptors (Lipinski definition) is 9. The first-order chi connectivity index (χ1) is 21.0. The number of likely N-dealkylation sites (tertiary alicyclic amines) is 1. The van der Waals surface area contributed by atoms with E-state index in [2.05, 4.69) is 76.5 Å². The summed E-state index contributed by atoms with van der Waals surface area (Å²) in [7, 11) is 2.15. The highest BCUT2D eigenvalue weighted by Crippen LogP contribution is 2.36. The SMILES string of the molecule is Cc1cccc2cccc(N3CCc4c(nc(OCC5CCCN5C)nc4N4CCN(C(=O)C5CN5)C(CC#N)C4)C3)c12. The van der Waals surface area contributed by atoms with Crippen LogP contribution in [-0.2, 0) is 17.8 Å². The molecule has 224 valence electrons. The predicted molar refractivity (Wildman–Crippen MR) is 166 cm³/mol. The van der Waals surface area contributed by atoms with Crippen molar-refractivity contribution in [2.75, 3.05) is 62.7 Å². The average molecular weight is 581 g/mol. The van der Waals surface area contributed by atoms with E-state index in [0.717, 1.165) is 49.6 Å². The number of ether oxygens (including phenoxy) is 1.